The summed E-state index contributed by atoms with van der Waals surface area (Å²) in [6, 6.07) is 6.10. The van der Waals surface area contributed by atoms with Crippen molar-refractivity contribution in [3.8, 4) is 5.75 Å². The van der Waals surface area contributed by atoms with Crippen LogP contribution < -0.4 is 9.46 Å². The number of methoxy groups -OCH3 is 1. The van der Waals surface area contributed by atoms with Crippen molar-refractivity contribution in [2.75, 3.05) is 47.4 Å². The van der Waals surface area contributed by atoms with E-state index in [1.807, 2.05) is 19.2 Å². The zero-order valence-corrected chi connectivity index (χ0v) is 16.2. The maximum absolute atomic E-state index is 13.0. The van der Waals surface area contributed by atoms with Gasteiger partial charge in [0.25, 0.3) is 10.2 Å². The second-order valence-corrected chi connectivity index (χ2v) is 8.61. The molecule has 0 aliphatic carbocycles. The first-order valence-corrected chi connectivity index (χ1v) is 10.1. The van der Waals surface area contributed by atoms with Gasteiger partial charge in [-0.3, -0.25) is 4.79 Å². The van der Waals surface area contributed by atoms with E-state index in [2.05, 4.69) is 9.62 Å². The van der Waals surface area contributed by atoms with Gasteiger partial charge in [-0.05, 0) is 31.2 Å². The number of benzene rings is 1. The molecule has 1 amide bonds. The second kappa shape index (κ2) is 7.51. The van der Waals surface area contributed by atoms with Gasteiger partial charge < -0.3 is 14.5 Å². The fourth-order valence-corrected chi connectivity index (χ4v) is 4.65. The number of amides is 1. The van der Waals surface area contributed by atoms with E-state index in [4.69, 9.17) is 4.74 Å². The molecule has 2 aliphatic heterocycles. The van der Waals surface area contributed by atoms with Crippen LogP contribution in [0.2, 0.25) is 0 Å². The molecule has 1 aromatic carbocycles. The third-order valence-electron chi connectivity index (χ3n) is 5.19. The summed E-state index contributed by atoms with van der Waals surface area (Å²) in [7, 11) is 1.34. The normalized spacial score (nSPS) is 27.3. The standard InChI is InChI=1S/C17H26N4O4S/c1-19-8-10-21(11-9-19)17(22)16-12-15(18-26(23,24)20(16)2)13-4-6-14(25-3)7-5-13/h4-7,15-16,18H,8-12H2,1-3H3/t15-,16+/m0/s1. The molecule has 1 N–H and O–H groups in total. The van der Waals surface area contributed by atoms with Crippen molar-refractivity contribution in [3.63, 3.8) is 0 Å². The summed E-state index contributed by atoms with van der Waals surface area (Å²) in [5.41, 5.74) is 0.818. The number of carbonyl (C=O) groups excluding carboxylic acids is 1. The fraction of sp³-hybridized carbons (Fsp3) is 0.588. The van der Waals surface area contributed by atoms with E-state index in [1.54, 1.807) is 24.1 Å². The van der Waals surface area contributed by atoms with Crippen LogP contribution in [-0.2, 0) is 15.0 Å². The molecule has 0 radical (unpaired) electrons. The van der Waals surface area contributed by atoms with Crippen LogP contribution in [0.15, 0.2) is 24.3 Å². The summed E-state index contributed by atoms with van der Waals surface area (Å²) in [5, 5.41) is 0. The molecule has 1 aromatic rings. The van der Waals surface area contributed by atoms with Gasteiger partial charge in [-0.2, -0.15) is 17.4 Å². The van der Waals surface area contributed by atoms with Crippen molar-refractivity contribution in [3.05, 3.63) is 29.8 Å². The summed E-state index contributed by atoms with van der Waals surface area (Å²) < 4.78 is 34.1. The number of hydrogen-bond acceptors (Lipinski definition) is 5. The molecule has 2 aliphatic rings. The van der Waals surface area contributed by atoms with Crippen LogP contribution in [-0.4, -0.2) is 81.9 Å². The minimum atomic E-state index is -3.72. The minimum Gasteiger partial charge on any atom is -0.497 e. The molecule has 0 saturated carbocycles. The Hall–Kier alpha value is -1.68. The van der Waals surface area contributed by atoms with Crippen LogP contribution >= 0.6 is 0 Å². The van der Waals surface area contributed by atoms with Gasteiger partial charge in [-0.25, -0.2) is 0 Å². The summed E-state index contributed by atoms with van der Waals surface area (Å²) >= 11 is 0. The Bertz CT molecular complexity index is 745. The van der Waals surface area contributed by atoms with Gasteiger partial charge in [-0.15, -0.1) is 0 Å². The highest BCUT2D eigenvalue weighted by atomic mass is 32.2. The molecule has 3 rings (SSSR count). The lowest BCUT2D eigenvalue weighted by atomic mass is 9.99. The summed E-state index contributed by atoms with van der Waals surface area (Å²) in [4.78, 5) is 16.9. The van der Waals surface area contributed by atoms with Crippen LogP contribution in [0.25, 0.3) is 0 Å². The number of hydrogen-bond donors (Lipinski definition) is 1. The maximum atomic E-state index is 13.0. The van der Waals surface area contributed by atoms with Crippen molar-refractivity contribution in [2.45, 2.75) is 18.5 Å². The smallest absolute Gasteiger partial charge is 0.280 e. The predicted octanol–water partition coefficient (Wildman–Crippen LogP) is 0.0488. The zero-order chi connectivity index (χ0) is 18.9. The summed E-state index contributed by atoms with van der Waals surface area (Å²) in [6.45, 7) is 2.85. The van der Waals surface area contributed by atoms with Gasteiger partial charge >= 0.3 is 0 Å². The Morgan fingerprint density at radius 1 is 1.12 bits per heavy atom. The van der Waals surface area contributed by atoms with Crippen LogP contribution in [0, 0.1) is 0 Å². The number of nitrogens with zero attached hydrogens (tertiary/aromatic N) is 3. The number of nitrogens with one attached hydrogen (secondary N) is 1. The van der Waals surface area contributed by atoms with Crippen molar-refractivity contribution in [1.29, 1.82) is 0 Å². The Kier molecular flexibility index (Phi) is 5.52. The number of carbonyl (C=O) groups is 1. The lowest BCUT2D eigenvalue weighted by molar-refractivity contribution is -0.137. The monoisotopic (exact) mass is 382 g/mol. The Balaban J connectivity index is 1.81. The number of rotatable bonds is 3. The van der Waals surface area contributed by atoms with E-state index in [0.29, 0.717) is 25.3 Å². The van der Waals surface area contributed by atoms with Crippen molar-refractivity contribution in [1.82, 2.24) is 18.8 Å². The lowest BCUT2D eigenvalue weighted by Gasteiger charge is -2.40. The topological polar surface area (TPSA) is 82.2 Å². The zero-order valence-electron chi connectivity index (χ0n) is 15.4. The van der Waals surface area contributed by atoms with E-state index in [9.17, 15) is 13.2 Å². The first-order chi connectivity index (χ1) is 12.3. The lowest BCUT2D eigenvalue weighted by Crippen LogP contribution is -2.59. The molecule has 0 bridgehead atoms. The van der Waals surface area contributed by atoms with Gasteiger partial charge in [-0.1, -0.05) is 12.1 Å². The van der Waals surface area contributed by atoms with E-state index in [1.165, 1.54) is 7.05 Å². The van der Waals surface area contributed by atoms with Gasteiger partial charge in [0, 0.05) is 39.3 Å². The SMILES string of the molecule is COc1ccc([C@@H]2C[C@H](C(=O)N3CCN(C)CC3)N(C)S(=O)(=O)N2)cc1. The number of likely N-dealkylation sites (N-methyl/N-ethyl adjacent to an activating group) is 2. The van der Waals surface area contributed by atoms with Gasteiger partial charge in [0.1, 0.15) is 11.8 Å². The molecule has 0 unspecified atom stereocenters. The first-order valence-electron chi connectivity index (χ1n) is 8.68. The van der Waals surface area contributed by atoms with Crippen molar-refractivity contribution in [2.24, 2.45) is 0 Å². The van der Waals surface area contributed by atoms with E-state index < -0.39 is 22.3 Å². The Morgan fingerprint density at radius 3 is 2.31 bits per heavy atom. The molecular weight excluding hydrogens is 356 g/mol. The summed E-state index contributed by atoms with van der Waals surface area (Å²) in [6.07, 6.45) is 0.396. The average Bonchev–Trinajstić information content (AvgIpc) is 2.64. The van der Waals surface area contributed by atoms with E-state index in [-0.39, 0.29) is 5.91 Å². The van der Waals surface area contributed by atoms with Crippen LogP contribution in [0.3, 0.4) is 0 Å². The second-order valence-electron chi connectivity index (χ2n) is 6.84. The summed E-state index contributed by atoms with van der Waals surface area (Å²) in [5.74, 6) is 0.582. The fourth-order valence-electron chi connectivity index (χ4n) is 3.38. The molecular formula is C17H26N4O4S. The van der Waals surface area contributed by atoms with Crippen LogP contribution in [0.1, 0.15) is 18.0 Å². The third-order valence-corrected chi connectivity index (χ3v) is 6.78. The highest BCUT2D eigenvalue weighted by Gasteiger charge is 2.42. The quantitative estimate of drug-likeness (QED) is 0.799. The molecule has 0 aromatic heterocycles. The molecule has 2 atom stereocenters. The average molecular weight is 382 g/mol. The molecule has 8 nitrogen and oxygen atoms in total. The third kappa shape index (κ3) is 3.85. The Labute approximate surface area is 154 Å². The maximum Gasteiger partial charge on any atom is 0.280 e. The van der Waals surface area contributed by atoms with Gasteiger partial charge in [0.05, 0.1) is 7.11 Å². The van der Waals surface area contributed by atoms with Gasteiger partial charge in [0.15, 0.2) is 0 Å². The molecule has 144 valence electrons. The minimum absolute atomic E-state index is 0.121. The van der Waals surface area contributed by atoms with Crippen molar-refractivity contribution < 1.29 is 17.9 Å². The van der Waals surface area contributed by atoms with Crippen LogP contribution in [0.5, 0.6) is 5.75 Å². The van der Waals surface area contributed by atoms with Gasteiger partial charge in [0.2, 0.25) is 5.91 Å². The number of piperazine rings is 1. The number of ether oxygens (including phenoxy) is 1. The predicted molar refractivity (Wildman–Crippen MR) is 98.0 cm³/mol. The highest BCUT2D eigenvalue weighted by molar-refractivity contribution is 7.87. The van der Waals surface area contributed by atoms with E-state index >= 15 is 0 Å². The van der Waals surface area contributed by atoms with Crippen molar-refractivity contribution >= 4 is 16.1 Å². The van der Waals surface area contributed by atoms with Crippen LogP contribution in [0.4, 0.5) is 0 Å². The largest absolute Gasteiger partial charge is 0.497 e. The molecule has 9 heteroatoms. The highest BCUT2D eigenvalue weighted by Crippen LogP contribution is 2.29. The molecule has 2 saturated heterocycles. The first kappa shape index (κ1) is 19.1. The molecule has 0 spiro atoms. The Morgan fingerprint density at radius 2 is 1.73 bits per heavy atom. The molecule has 2 fully saturated rings. The van der Waals surface area contributed by atoms with E-state index in [0.717, 1.165) is 23.0 Å². The molecule has 26 heavy (non-hydrogen) atoms. The molecule has 2 heterocycles.